The van der Waals surface area contributed by atoms with E-state index in [1.54, 1.807) is 13.8 Å². The second-order valence-electron chi connectivity index (χ2n) is 4.51. The number of aromatic amines is 1. The van der Waals surface area contributed by atoms with Gasteiger partial charge in [0.25, 0.3) is 5.56 Å². The van der Waals surface area contributed by atoms with Crippen molar-refractivity contribution in [1.82, 2.24) is 19.7 Å². The number of carbonyl (C=O) groups is 1. The fourth-order valence-electron chi connectivity index (χ4n) is 1.62. The van der Waals surface area contributed by atoms with Crippen molar-refractivity contribution in [2.24, 2.45) is 0 Å². The summed E-state index contributed by atoms with van der Waals surface area (Å²) < 4.78 is 0.905. The zero-order valence-electron chi connectivity index (χ0n) is 11.1. The predicted octanol–water partition coefficient (Wildman–Crippen LogP) is 0.685. The van der Waals surface area contributed by atoms with E-state index in [9.17, 15) is 19.7 Å². The van der Waals surface area contributed by atoms with Crippen LogP contribution in [-0.2, 0) is 0 Å². The lowest BCUT2D eigenvalue weighted by molar-refractivity contribution is -0.385. The third kappa shape index (κ3) is 2.78. The number of aromatic carboxylic acids is 1. The zero-order valence-corrected chi connectivity index (χ0v) is 11.1. The number of rotatable bonds is 4. The highest BCUT2D eigenvalue weighted by atomic mass is 16.6. The molecule has 0 unspecified atom stereocenters. The fraction of sp³-hybridized carbons (Fsp3) is 0.273. The van der Waals surface area contributed by atoms with Gasteiger partial charge in [-0.25, -0.2) is 14.5 Å². The third-order valence-electron chi connectivity index (χ3n) is 2.62. The average molecular weight is 293 g/mol. The molecule has 2 aromatic heterocycles. The summed E-state index contributed by atoms with van der Waals surface area (Å²) in [6.07, 6.45) is 0.912. The molecular weight excluding hydrogens is 282 g/mol. The Morgan fingerprint density at radius 3 is 2.67 bits per heavy atom. The van der Waals surface area contributed by atoms with Crippen molar-refractivity contribution in [3.63, 3.8) is 0 Å². The predicted molar refractivity (Wildman–Crippen MR) is 69.7 cm³/mol. The molecule has 10 nitrogen and oxygen atoms in total. The van der Waals surface area contributed by atoms with Crippen molar-refractivity contribution < 1.29 is 14.8 Å². The van der Waals surface area contributed by atoms with Crippen LogP contribution in [0.15, 0.2) is 17.1 Å². The van der Waals surface area contributed by atoms with Crippen molar-refractivity contribution in [1.29, 1.82) is 0 Å². The van der Waals surface area contributed by atoms with Gasteiger partial charge in [0.1, 0.15) is 12.0 Å². The normalized spacial score (nSPS) is 10.8. The molecule has 0 aliphatic carbocycles. The second-order valence-corrected chi connectivity index (χ2v) is 4.51. The summed E-state index contributed by atoms with van der Waals surface area (Å²) in [4.78, 5) is 39.1. The van der Waals surface area contributed by atoms with E-state index in [0.29, 0.717) is 5.82 Å². The Kier molecular flexibility index (Phi) is 3.52. The molecule has 2 N–H and O–H groups in total. The lowest BCUT2D eigenvalue weighted by Gasteiger charge is -2.06. The Hall–Kier alpha value is -3.04. The van der Waals surface area contributed by atoms with Gasteiger partial charge in [0, 0.05) is 12.0 Å². The van der Waals surface area contributed by atoms with Gasteiger partial charge in [0.05, 0.1) is 4.92 Å². The van der Waals surface area contributed by atoms with E-state index in [1.165, 1.54) is 0 Å². The van der Waals surface area contributed by atoms with Gasteiger partial charge in [-0.3, -0.25) is 14.9 Å². The van der Waals surface area contributed by atoms with Crippen LogP contribution in [0.2, 0.25) is 0 Å². The molecule has 2 rings (SSSR count). The molecule has 0 spiro atoms. The Bertz CT molecular complexity index is 744. The highest BCUT2D eigenvalue weighted by Gasteiger charge is 2.26. The quantitative estimate of drug-likeness (QED) is 0.623. The minimum Gasteiger partial charge on any atom is -0.476 e. The molecule has 0 saturated carbocycles. The number of carboxylic acids is 1. The number of nitro groups is 1. The molecule has 21 heavy (non-hydrogen) atoms. The minimum atomic E-state index is -1.53. The van der Waals surface area contributed by atoms with E-state index in [1.807, 2.05) is 0 Å². The van der Waals surface area contributed by atoms with E-state index in [-0.39, 0.29) is 11.7 Å². The van der Waals surface area contributed by atoms with Crippen LogP contribution in [0.25, 0.3) is 5.82 Å². The highest BCUT2D eigenvalue weighted by Crippen LogP contribution is 2.19. The Labute approximate surface area is 117 Å². The summed E-state index contributed by atoms with van der Waals surface area (Å²) in [7, 11) is 0. The van der Waals surface area contributed by atoms with Gasteiger partial charge in [-0.1, -0.05) is 13.8 Å². The SMILES string of the molecule is CC(C)c1nc(-n2cc([N+](=O)[O-])c(C(=O)O)n2)cc(=O)[nH]1. The molecule has 0 radical (unpaired) electrons. The number of hydrogen-bond acceptors (Lipinski definition) is 6. The van der Waals surface area contributed by atoms with Gasteiger partial charge in [0.15, 0.2) is 5.82 Å². The summed E-state index contributed by atoms with van der Waals surface area (Å²) in [5.41, 5.74) is -1.84. The number of hydrogen-bond donors (Lipinski definition) is 2. The van der Waals surface area contributed by atoms with Crippen LogP contribution in [0.3, 0.4) is 0 Å². The summed E-state index contributed by atoms with van der Waals surface area (Å²) >= 11 is 0. The first-order valence-corrected chi connectivity index (χ1v) is 5.88. The van der Waals surface area contributed by atoms with Crippen LogP contribution in [0, 0.1) is 10.1 Å². The van der Waals surface area contributed by atoms with Crippen molar-refractivity contribution in [3.05, 3.63) is 44.2 Å². The first kappa shape index (κ1) is 14.4. The topological polar surface area (TPSA) is 144 Å². The molecule has 0 aliphatic heterocycles. The lowest BCUT2D eigenvalue weighted by Crippen LogP contribution is -2.15. The van der Waals surface area contributed by atoms with E-state index in [0.717, 1.165) is 16.9 Å². The van der Waals surface area contributed by atoms with E-state index < -0.39 is 27.8 Å². The molecule has 0 atom stereocenters. The first-order valence-electron chi connectivity index (χ1n) is 5.88. The Morgan fingerprint density at radius 1 is 1.52 bits per heavy atom. The summed E-state index contributed by atoms with van der Waals surface area (Å²) in [5.74, 6) is -1.23. The maximum absolute atomic E-state index is 11.6. The van der Waals surface area contributed by atoms with E-state index in [2.05, 4.69) is 15.1 Å². The van der Waals surface area contributed by atoms with Crippen molar-refractivity contribution in [2.75, 3.05) is 0 Å². The molecule has 0 fully saturated rings. The van der Waals surface area contributed by atoms with Gasteiger partial charge in [-0.2, -0.15) is 5.10 Å². The van der Waals surface area contributed by atoms with Crippen molar-refractivity contribution >= 4 is 11.7 Å². The van der Waals surface area contributed by atoms with Gasteiger partial charge >= 0.3 is 11.7 Å². The molecule has 2 aromatic rings. The van der Waals surface area contributed by atoms with Gasteiger partial charge < -0.3 is 10.1 Å². The summed E-state index contributed by atoms with van der Waals surface area (Å²) in [6, 6.07) is 1.08. The number of nitrogens with zero attached hydrogens (tertiary/aromatic N) is 4. The first-order chi connectivity index (χ1) is 9.79. The summed E-state index contributed by atoms with van der Waals surface area (Å²) in [5, 5.41) is 23.3. The Morgan fingerprint density at radius 2 is 2.19 bits per heavy atom. The molecule has 2 heterocycles. The number of H-pyrrole nitrogens is 1. The molecule has 110 valence electrons. The lowest BCUT2D eigenvalue weighted by atomic mass is 10.2. The second kappa shape index (κ2) is 5.15. The third-order valence-corrected chi connectivity index (χ3v) is 2.62. The molecule has 10 heteroatoms. The van der Waals surface area contributed by atoms with Gasteiger partial charge in [-0.05, 0) is 0 Å². The summed E-state index contributed by atoms with van der Waals surface area (Å²) in [6.45, 7) is 3.60. The van der Waals surface area contributed by atoms with Crippen LogP contribution in [0.5, 0.6) is 0 Å². The smallest absolute Gasteiger partial charge is 0.363 e. The minimum absolute atomic E-state index is 0.0121. The molecular formula is C11H11N5O5. The maximum Gasteiger partial charge on any atom is 0.363 e. The molecule has 0 bridgehead atoms. The van der Waals surface area contributed by atoms with Crippen LogP contribution in [0.1, 0.15) is 36.1 Å². The fourth-order valence-corrected chi connectivity index (χ4v) is 1.62. The number of aromatic nitrogens is 4. The monoisotopic (exact) mass is 293 g/mol. The van der Waals surface area contributed by atoms with Crippen molar-refractivity contribution in [3.8, 4) is 5.82 Å². The molecule has 0 aromatic carbocycles. The largest absolute Gasteiger partial charge is 0.476 e. The standard InChI is InChI=1S/C11H11N5O5/c1-5(2)10-12-7(3-8(17)13-10)15-4-6(16(20)21)9(14-15)11(18)19/h3-5H,1-2H3,(H,18,19)(H,12,13,17). The van der Waals surface area contributed by atoms with Crippen molar-refractivity contribution in [2.45, 2.75) is 19.8 Å². The molecule has 0 saturated heterocycles. The zero-order chi connectivity index (χ0) is 15.7. The maximum atomic E-state index is 11.6. The van der Waals surface area contributed by atoms with Crippen LogP contribution in [0.4, 0.5) is 5.69 Å². The van der Waals surface area contributed by atoms with Crippen LogP contribution < -0.4 is 5.56 Å². The van der Waals surface area contributed by atoms with E-state index >= 15 is 0 Å². The van der Waals surface area contributed by atoms with Crippen LogP contribution >= 0.6 is 0 Å². The van der Waals surface area contributed by atoms with E-state index in [4.69, 9.17) is 5.11 Å². The number of carboxylic acid groups (broad SMARTS) is 1. The Balaban J connectivity index is 2.62. The number of nitrogens with one attached hydrogen (secondary N) is 1. The van der Waals surface area contributed by atoms with Crippen LogP contribution in [-0.4, -0.2) is 35.7 Å². The molecule has 0 amide bonds. The van der Waals surface area contributed by atoms with Gasteiger partial charge in [-0.15, -0.1) is 0 Å². The average Bonchev–Trinajstić information content (AvgIpc) is 2.83. The van der Waals surface area contributed by atoms with Gasteiger partial charge in [0.2, 0.25) is 5.69 Å². The molecule has 0 aliphatic rings. The highest BCUT2D eigenvalue weighted by molar-refractivity contribution is 5.89.